The third kappa shape index (κ3) is 3.64. The van der Waals surface area contributed by atoms with Gasteiger partial charge in [0.1, 0.15) is 16.4 Å². The van der Waals surface area contributed by atoms with Gasteiger partial charge in [0.25, 0.3) is 0 Å². The van der Waals surface area contributed by atoms with Gasteiger partial charge in [0.05, 0.1) is 33.6 Å². The van der Waals surface area contributed by atoms with E-state index >= 15 is 0 Å². The van der Waals surface area contributed by atoms with E-state index in [4.69, 9.17) is 15.0 Å². The molecule has 5 rings (SSSR count). The second-order valence-electron chi connectivity index (χ2n) is 8.68. The number of hydrogen-bond donors (Lipinski definition) is 4. The first-order chi connectivity index (χ1) is 14.4. The van der Waals surface area contributed by atoms with Gasteiger partial charge in [0.15, 0.2) is 0 Å². The first-order valence-corrected chi connectivity index (χ1v) is 11.4. The number of para-hydroxylation sites is 1. The molecule has 8 heteroatoms. The van der Waals surface area contributed by atoms with E-state index in [1.165, 1.54) is 12.8 Å². The van der Waals surface area contributed by atoms with Gasteiger partial charge in [-0.3, -0.25) is 0 Å². The monoisotopic (exact) mass is 425 g/mol. The molecule has 3 atom stereocenters. The molecule has 30 heavy (non-hydrogen) atoms. The van der Waals surface area contributed by atoms with Gasteiger partial charge in [-0.2, -0.15) is 4.98 Å². The Balaban J connectivity index is 1.55. The average molecular weight is 426 g/mol. The van der Waals surface area contributed by atoms with Crippen LogP contribution in [0.15, 0.2) is 24.3 Å². The number of anilines is 2. The minimum atomic E-state index is -1.22. The molecule has 0 bridgehead atoms. The van der Waals surface area contributed by atoms with Crippen molar-refractivity contribution in [1.29, 1.82) is 0 Å². The molecule has 1 aromatic carbocycles. The number of thiazole rings is 1. The third-order valence-electron chi connectivity index (χ3n) is 6.26. The molecule has 2 aliphatic carbocycles. The predicted octanol–water partition coefficient (Wildman–Crippen LogP) is 3.57. The molecule has 158 valence electrons. The smallest absolute Gasteiger partial charge is 0.224 e. The van der Waals surface area contributed by atoms with Crippen LogP contribution in [0.2, 0.25) is 0 Å². The summed E-state index contributed by atoms with van der Waals surface area (Å²) in [6, 6.07) is 7.75. The fraction of sp³-hybridized carbons (Fsp3) is 0.500. The number of hydrogen-bond acceptors (Lipinski definition) is 8. The number of aromatic nitrogens is 3. The lowest BCUT2D eigenvalue weighted by molar-refractivity contribution is -0.0439. The highest BCUT2D eigenvalue weighted by Crippen LogP contribution is 2.39. The highest BCUT2D eigenvalue weighted by molar-refractivity contribution is 7.21. The summed E-state index contributed by atoms with van der Waals surface area (Å²) in [6.07, 6.45) is 2.98. The minimum Gasteiger partial charge on any atom is -0.390 e. The number of aliphatic hydroxyl groups is 2. The van der Waals surface area contributed by atoms with E-state index in [1.54, 1.807) is 18.3 Å². The van der Waals surface area contributed by atoms with Crippen molar-refractivity contribution in [1.82, 2.24) is 15.0 Å². The van der Waals surface area contributed by atoms with Crippen molar-refractivity contribution in [2.24, 2.45) is 5.92 Å². The van der Waals surface area contributed by atoms with Crippen molar-refractivity contribution < 1.29 is 10.2 Å². The number of nitrogens with one attached hydrogen (secondary N) is 2. The van der Waals surface area contributed by atoms with Crippen LogP contribution in [0.3, 0.4) is 0 Å². The molecule has 2 saturated carbocycles. The third-order valence-corrected chi connectivity index (χ3v) is 7.32. The van der Waals surface area contributed by atoms with Gasteiger partial charge in [0, 0.05) is 6.54 Å². The maximum absolute atomic E-state index is 10.8. The second-order valence-corrected chi connectivity index (χ2v) is 9.71. The van der Waals surface area contributed by atoms with Crippen LogP contribution in [0.1, 0.15) is 38.3 Å². The first-order valence-electron chi connectivity index (χ1n) is 10.6. The molecule has 3 aromatic rings. The van der Waals surface area contributed by atoms with Crippen molar-refractivity contribution in [3.05, 3.63) is 30.0 Å². The molecule has 7 nitrogen and oxygen atoms in total. The first kappa shape index (κ1) is 19.7. The van der Waals surface area contributed by atoms with Crippen LogP contribution in [-0.4, -0.2) is 49.5 Å². The number of benzene rings is 1. The molecule has 2 aromatic heterocycles. The van der Waals surface area contributed by atoms with Crippen LogP contribution in [0.4, 0.5) is 11.8 Å². The summed E-state index contributed by atoms with van der Waals surface area (Å²) in [7, 11) is 0. The Morgan fingerprint density at radius 1 is 1.13 bits per heavy atom. The molecule has 2 aliphatic rings. The summed E-state index contributed by atoms with van der Waals surface area (Å²) in [5, 5.41) is 28.6. The number of aliphatic hydroxyl groups excluding tert-OH is 1. The van der Waals surface area contributed by atoms with E-state index in [-0.39, 0.29) is 6.04 Å². The molecular formula is C22H27N5O2S. The van der Waals surface area contributed by atoms with Crippen molar-refractivity contribution >= 4 is 33.3 Å². The second kappa shape index (κ2) is 7.44. The van der Waals surface area contributed by atoms with Crippen molar-refractivity contribution in [2.75, 3.05) is 17.2 Å². The zero-order valence-electron chi connectivity index (χ0n) is 17.2. The Morgan fingerprint density at radius 2 is 1.93 bits per heavy atom. The molecule has 2 fully saturated rings. The van der Waals surface area contributed by atoms with Crippen LogP contribution in [0.25, 0.3) is 20.8 Å². The van der Waals surface area contributed by atoms with E-state index in [1.807, 2.05) is 25.1 Å². The van der Waals surface area contributed by atoms with E-state index in [9.17, 15) is 10.2 Å². The highest BCUT2D eigenvalue weighted by Gasteiger charge is 2.45. The lowest BCUT2D eigenvalue weighted by atomic mass is 9.98. The van der Waals surface area contributed by atoms with E-state index < -0.39 is 11.7 Å². The van der Waals surface area contributed by atoms with Gasteiger partial charge in [-0.25, -0.2) is 9.97 Å². The van der Waals surface area contributed by atoms with Gasteiger partial charge >= 0.3 is 0 Å². The number of rotatable bonds is 6. The van der Waals surface area contributed by atoms with Gasteiger partial charge in [-0.15, -0.1) is 11.3 Å². The lowest BCUT2D eigenvalue weighted by Gasteiger charge is -2.30. The van der Waals surface area contributed by atoms with Gasteiger partial charge < -0.3 is 20.8 Å². The highest BCUT2D eigenvalue weighted by atomic mass is 32.1. The zero-order valence-corrected chi connectivity index (χ0v) is 18.0. The maximum Gasteiger partial charge on any atom is 0.224 e. The molecule has 0 spiro atoms. The Bertz CT molecular complexity index is 1050. The molecular weight excluding hydrogens is 398 g/mol. The van der Waals surface area contributed by atoms with E-state index in [2.05, 4.69) is 16.7 Å². The minimum absolute atomic E-state index is 0.300. The van der Waals surface area contributed by atoms with Gasteiger partial charge in [0.2, 0.25) is 5.95 Å². The normalized spacial score (nSPS) is 26.3. The fourth-order valence-electron chi connectivity index (χ4n) is 4.07. The summed E-state index contributed by atoms with van der Waals surface area (Å²) in [6.45, 7) is 4.53. The number of fused-ring (bicyclic) bond motifs is 1. The Kier molecular flexibility index (Phi) is 4.88. The number of nitrogens with zero attached hydrogens (tertiary/aromatic N) is 3. The lowest BCUT2D eigenvalue weighted by Crippen LogP contribution is -2.47. The quantitative estimate of drug-likeness (QED) is 0.479. The zero-order chi connectivity index (χ0) is 20.9. The van der Waals surface area contributed by atoms with Crippen LogP contribution in [0.5, 0.6) is 0 Å². The van der Waals surface area contributed by atoms with Gasteiger partial charge in [-0.05, 0) is 57.6 Å². The van der Waals surface area contributed by atoms with Crippen molar-refractivity contribution in [2.45, 2.75) is 57.3 Å². The molecule has 0 unspecified atom stereocenters. The van der Waals surface area contributed by atoms with Crippen LogP contribution in [-0.2, 0) is 0 Å². The summed E-state index contributed by atoms with van der Waals surface area (Å²) in [5.74, 6) is 1.95. The van der Waals surface area contributed by atoms with E-state index in [0.717, 1.165) is 33.0 Å². The van der Waals surface area contributed by atoms with Crippen LogP contribution in [0, 0.1) is 12.8 Å². The van der Waals surface area contributed by atoms with E-state index in [0.29, 0.717) is 30.5 Å². The summed E-state index contributed by atoms with van der Waals surface area (Å²) in [4.78, 5) is 14.3. The Labute approximate surface area is 179 Å². The molecule has 0 amide bonds. The largest absolute Gasteiger partial charge is 0.390 e. The summed E-state index contributed by atoms with van der Waals surface area (Å²) < 4.78 is 1.11. The standard InChI is InChI=1S/C22H27N5O2S/c1-12-18(20-25-14-5-3-4-6-15(14)30-20)19(26-16-9-10-17(28)22(16,2)29)27-21(24-12)23-11-13-7-8-13/h3-6,13,16-17,28-29H,7-11H2,1-2H3,(H2,23,24,26,27)/t16-,17-,22+/m1/s1. The van der Waals surface area contributed by atoms with Crippen LogP contribution < -0.4 is 10.6 Å². The molecule has 2 heterocycles. The van der Waals surface area contributed by atoms with Gasteiger partial charge in [-0.1, -0.05) is 12.1 Å². The SMILES string of the molecule is Cc1nc(NCC2CC2)nc(N[C@@H]2CC[C@@H](O)[C@@]2(C)O)c1-c1nc2ccccc2s1. The number of aryl methyl sites for hydroxylation is 1. The van der Waals surface area contributed by atoms with Crippen LogP contribution >= 0.6 is 11.3 Å². The van der Waals surface area contributed by atoms with Crippen molar-refractivity contribution in [3.8, 4) is 10.6 Å². The Hall–Kier alpha value is -2.29. The molecule has 0 saturated heterocycles. The summed E-state index contributed by atoms with van der Waals surface area (Å²) in [5.41, 5.74) is 1.42. The fourth-order valence-corrected chi connectivity index (χ4v) is 5.14. The summed E-state index contributed by atoms with van der Waals surface area (Å²) >= 11 is 1.61. The molecule has 0 aliphatic heterocycles. The Morgan fingerprint density at radius 3 is 2.63 bits per heavy atom. The van der Waals surface area contributed by atoms with Crippen molar-refractivity contribution in [3.63, 3.8) is 0 Å². The molecule has 0 radical (unpaired) electrons. The predicted molar refractivity (Wildman–Crippen MR) is 120 cm³/mol. The maximum atomic E-state index is 10.8. The average Bonchev–Trinajstić information content (AvgIpc) is 3.39. The topological polar surface area (TPSA) is 103 Å². The molecule has 4 N–H and O–H groups in total.